The summed E-state index contributed by atoms with van der Waals surface area (Å²) in [5.74, 6) is 0. The van der Waals surface area contributed by atoms with Gasteiger partial charge in [0.05, 0.1) is 0 Å². The van der Waals surface area contributed by atoms with Gasteiger partial charge in [-0.05, 0) is 50.5 Å². The van der Waals surface area contributed by atoms with E-state index >= 15 is 0 Å². The molecule has 0 amide bonds. The molecule has 15 heavy (non-hydrogen) atoms. The smallest absolute Gasteiger partial charge is 0.00968 e. The van der Waals surface area contributed by atoms with E-state index in [-0.39, 0.29) is 0 Å². The van der Waals surface area contributed by atoms with Gasteiger partial charge in [0, 0.05) is 25.2 Å². The molecule has 1 N–H and O–H groups in total. The second-order valence-electron chi connectivity index (χ2n) is 5.97. The third kappa shape index (κ3) is 1.94. The van der Waals surface area contributed by atoms with E-state index in [9.17, 15) is 0 Å². The first-order valence-corrected chi connectivity index (χ1v) is 6.79. The lowest BCUT2D eigenvalue weighted by atomic mass is 9.85. The van der Waals surface area contributed by atoms with E-state index in [4.69, 9.17) is 0 Å². The van der Waals surface area contributed by atoms with Crippen LogP contribution in [-0.4, -0.2) is 36.6 Å². The lowest BCUT2D eigenvalue weighted by Gasteiger charge is -2.47. The molecule has 3 fully saturated rings. The van der Waals surface area contributed by atoms with Crippen LogP contribution >= 0.6 is 0 Å². The first-order chi connectivity index (χ1) is 7.31. The molecule has 0 bridgehead atoms. The van der Waals surface area contributed by atoms with Crippen LogP contribution in [0.25, 0.3) is 0 Å². The molecule has 0 aromatic carbocycles. The van der Waals surface area contributed by atoms with Crippen LogP contribution in [0.2, 0.25) is 0 Å². The summed E-state index contributed by atoms with van der Waals surface area (Å²) in [6.07, 6.45) is 8.73. The number of nitrogens with zero attached hydrogens (tertiary/aromatic N) is 1. The molecule has 0 aromatic heterocycles. The maximum Gasteiger partial charge on any atom is 0.00968 e. The molecule has 1 heterocycles. The molecule has 2 saturated carbocycles. The van der Waals surface area contributed by atoms with Crippen molar-refractivity contribution in [1.29, 1.82) is 0 Å². The largest absolute Gasteiger partial charge is 0.314 e. The molecular weight excluding hydrogens is 184 g/mol. The Morgan fingerprint density at radius 2 is 1.80 bits per heavy atom. The SMILES string of the molecule is CCNC1CCC(N2CC3(CC3)C2)CC1. The fourth-order valence-corrected chi connectivity index (χ4v) is 3.50. The molecule has 3 rings (SSSR count). The number of hydrogen-bond donors (Lipinski definition) is 1. The van der Waals surface area contributed by atoms with Gasteiger partial charge in [0.1, 0.15) is 0 Å². The highest BCUT2D eigenvalue weighted by Crippen LogP contribution is 2.54. The molecule has 1 spiro atoms. The van der Waals surface area contributed by atoms with Gasteiger partial charge in [-0.2, -0.15) is 0 Å². The molecule has 0 atom stereocenters. The zero-order valence-electron chi connectivity index (χ0n) is 9.97. The molecule has 0 unspecified atom stereocenters. The Morgan fingerprint density at radius 1 is 1.13 bits per heavy atom. The molecule has 1 aliphatic heterocycles. The fourth-order valence-electron chi connectivity index (χ4n) is 3.50. The third-order valence-corrected chi connectivity index (χ3v) is 4.74. The Labute approximate surface area is 93.4 Å². The third-order valence-electron chi connectivity index (χ3n) is 4.74. The molecule has 0 aromatic rings. The van der Waals surface area contributed by atoms with Crippen molar-refractivity contribution in [3.63, 3.8) is 0 Å². The zero-order valence-corrected chi connectivity index (χ0v) is 9.97. The van der Waals surface area contributed by atoms with Crippen LogP contribution in [0.3, 0.4) is 0 Å². The van der Waals surface area contributed by atoms with Crippen molar-refractivity contribution in [3.05, 3.63) is 0 Å². The van der Waals surface area contributed by atoms with Crippen molar-refractivity contribution in [2.24, 2.45) is 5.41 Å². The van der Waals surface area contributed by atoms with Crippen LogP contribution < -0.4 is 5.32 Å². The van der Waals surface area contributed by atoms with E-state index in [1.54, 1.807) is 0 Å². The van der Waals surface area contributed by atoms with Crippen molar-refractivity contribution >= 4 is 0 Å². The van der Waals surface area contributed by atoms with Crippen LogP contribution in [0.15, 0.2) is 0 Å². The van der Waals surface area contributed by atoms with E-state index in [1.807, 2.05) is 0 Å². The van der Waals surface area contributed by atoms with Gasteiger partial charge in [0.2, 0.25) is 0 Å². The minimum Gasteiger partial charge on any atom is -0.314 e. The number of rotatable bonds is 3. The average Bonchev–Trinajstić information content (AvgIpc) is 2.97. The van der Waals surface area contributed by atoms with E-state index in [1.165, 1.54) is 51.6 Å². The Morgan fingerprint density at radius 3 is 2.33 bits per heavy atom. The lowest BCUT2D eigenvalue weighted by molar-refractivity contribution is 0.0169. The van der Waals surface area contributed by atoms with Gasteiger partial charge < -0.3 is 5.32 Å². The Bertz CT molecular complexity index is 219. The van der Waals surface area contributed by atoms with E-state index < -0.39 is 0 Å². The predicted octanol–water partition coefficient (Wildman–Crippen LogP) is 2.00. The summed E-state index contributed by atoms with van der Waals surface area (Å²) in [6, 6.07) is 1.76. The molecule has 3 aliphatic rings. The van der Waals surface area contributed by atoms with Crippen LogP contribution in [0.4, 0.5) is 0 Å². The highest BCUT2D eigenvalue weighted by atomic mass is 15.2. The first-order valence-electron chi connectivity index (χ1n) is 6.79. The van der Waals surface area contributed by atoms with Gasteiger partial charge in [-0.25, -0.2) is 0 Å². The summed E-state index contributed by atoms with van der Waals surface area (Å²) < 4.78 is 0. The standard InChI is InChI=1S/C13H24N2/c1-2-14-11-3-5-12(6-4-11)15-9-13(10-15)7-8-13/h11-12,14H,2-10H2,1H3. The molecule has 2 nitrogen and oxygen atoms in total. The van der Waals surface area contributed by atoms with Crippen molar-refractivity contribution in [3.8, 4) is 0 Å². The number of hydrogen-bond acceptors (Lipinski definition) is 2. The van der Waals surface area contributed by atoms with Crippen LogP contribution in [0.5, 0.6) is 0 Å². The van der Waals surface area contributed by atoms with Gasteiger partial charge in [0.15, 0.2) is 0 Å². The summed E-state index contributed by atoms with van der Waals surface area (Å²) in [4.78, 5) is 2.76. The van der Waals surface area contributed by atoms with E-state index in [2.05, 4.69) is 17.1 Å². The quantitative estimate of drug-likeness (QED) is 0.763. The monoisotopic (exact) mass is 208 g/mol. The predicted molar refractivity (Wildman–Crippen MR) is 63.0 cm³/mol. The average molecular weight is 208 g/mol. The minimum atomic E-state index is 0.822. The molecule has 2 heteroatoms. The second kappa shape index (κ2) is 3.74. The van der Waals surface area contributed by atoms with Crippen LogP contribution in [-0.2, 0) is 0 Å². The van der Waals surface area contributed by atoms with Crippen molar-refractivity contribution in [2.75, 3.05) is 19.6 Å². The number of nitrogens with one attached hydrogen (secondary N) is 1. The molecule has 86 valence electrons. The molecular formula is C13H24N2. The lowest BCUT2D eigenvalue weighted by Crippen LogP contribution is -2.55. The van der Waals surface area contributed by atoms with E-state index in [0.717, 1.165) is 24.0 Å². The topological polar surface area (TPSA) is 15.3 Å². The second-order valence-corrected chi connectivity index (χ2v) is 5.97. The van der Waals surface area contributed by atoms with Gasteiger partial charge >= 0.3 is 0 Å². The van der Waals surface area contributed by atoms with Crippen molar-refractivity contribution < 1.29 is 0 Å². The Balaban J connectivity index is 1.42. The minimum absolute atomic E-state index is 0.822. The van der Waals surface area contributed by atoms with Gasteiger partial charge in [-0.3, -0.25) is 4.90 Å². The Kier molecular flexibility index (Phi) is 2.52. The van der Waals surface area contributed by atoms with Crippen molar-refractivity contribution in [1.82, 2.24) is 10.2 Å². The van der Waals surface area contributed by atoms with Crippen LogP contribution in [0.1, 0.15) is 45.4 Å². The highest BCUT2D eigenvalue weighted by molar-refractivity contribution is 5.07. The van der Waals surface area contributed by atoms with Crippen LogP contribution in [0, 0.1) is 5.41 Å². The Hall–Kier alpha value is -0.0800. The molecule has 1 saturated heterocycles. The summed E-state index contributed by atoms with van der Waals surface area (Å²) in [7, 11) is 0. The summed E-state index contributed by atoms with van der Waals surface area (Å²) in [5, 5.41) is 3.59. The summed E-state index contributed by atoms with van der Waals surface area (Å²) in [6.45, 7) is 6.23. The maximum absolute atomic E-state index is 3.59. The molecule has 0 radical (unpaired) electrons. The summed E-state index contributed by atoms with van der Waals surface area (Å²) in [5.41, 5.74) is 0.846. The first kappa shape index (κ1) is 10.1. The normalized spacial score (nSPS) is 39.0. The summed E-state index contributed by atoms with van der Waals surface area (Å²) >= 11 is 0. The number of likely N-dealkylation sites (tertiary alicyclic amines) is 1. The zero-order chi connectivity index (χ0) is 10.3. The van der Waals surface area contributed by atoms with Gasteiger partial charge in [-0.1, -0.05) is 6.92 Å². The molecule has 2 aliphatic carbocycles. The maximum atomic E-state index is 3.59. The van der Waals surface area contributed by atoms with E-state index in [0.29, 0.717) is 0 Å². The highest BCUT2D eigenvalue weighted by Gasteiger charge is 2.53. The van der Waals surface area contributed by atoms with Gasteiger partial charge in [-0.15, -0.1) is 0 Å². The fraction of sp³-hybridized carbons (Fsp3) is 1.00. The van der Waals surface area contributed by atoms with Gasteiger partial charge in [0.25, 0.3) is 0 Å². The van der Waals surface area contributed by atoms with Crippen molar-refractivity contribution in [2.45, 2.75) is 57.5 Å².